The van der Waals surface area contributed by atoms with Crippen molar-refractivity contribution in [2.75, 3.05) is 0 Å². The van der Waals surface area contributed by atoms with E-state index in [-0.39, 0.29) is 11.8 Å². The smallest absolute Gasteiger partial charge is 0.251 e. The van der Waals surface area contributed by atoms with Crippen LogP contribution in [0.15, 0.2) is 51.6 Å². The lowest BCUT2D eigenvalue weighted by atomic mass is 10.2. The fraction of sp³-hybridized carbons (Fsp3) is 0.200. The summed E-state index contributed by atoms with van der Waals surface area (Å²) in [6.45, 7) is 1.93. The molecule has 0 radical (unpaired) electrons. The zero-order chi connectivity index (χ0) is 15.2. The Morgan fingerprint density at radius 1 is 1.29 bits per heavy atom. The van der Waals surface area contributed by atoms with Crippen molar-refractivity contribution >= 4 is 27.7 Å². The van der Waals surface area contributed by atoms with Crippen LogP contribution >= 0.6 is 15.9 Å². The number of halogens is 1. The van der Waals surface area contributed by atoms with Gasteiger partial charge in [-0.1, -0.05) is 22.0 Å². The number of rotatable bonds is 5. The monoisotopic (exact) mass is 350 g/mol. The number of benzene rings is 1. The van der Waals surface area contributed by atoms with Crippen molar-refractivity contribution in [3.05, 3.63) is 58.5 Å². The van der Waals surface area contributed by atoms with Gasteiger partial charge in [-0.15, -0.1) is 0 Å². The SMILES string of the molecule is C[C@H](NC(=O)c1cccc(Br)c1)C(=O)NCc1ccco1. The second-order valence-electron chi connectivity index (χ2n) is 4.50. The molecule has 1 atom stereocenters. The van der Waals surface area contributed by atoms with Gasteiger partial charge in [0, 0.05) is 10.0 Å². The van der Waals surface area contributed by atoms with E-state index in [0.717, 1.165) is 4.47 Å². The molecule has 0 aliphatic heterocycles. The summed E-state index contributed by atoms with van der Waals surface area (Å²) in [6.07, 6.45) is 1.54. The summed E-state index contributed by atoms with van der Waals surface area (Å²) < 4.78 is 5.93. The van der Waals surface area contributed by atoms with E-state index in [1.54, 1.807) is 43.5 Å². The molecular weight excluding hydrogens is 336 g/mol. The van der Waals surface area contributed by atoms with Gasteiger partial charge in [0.2, 0.25) is 5.91 Å². The van der Waals surface area contributed by atoms with Crippen molar-refractivity contribution in [2.45, 2.75) is 19.5 Å². The number of furan rings is 1. The average Bonchev–Trinajstić information content (AvgIpc) is 2.97. The summed E-state index contributed by atoms with van der Waals surface area (Å²) in [6, 6.07) is 9.87. The van der Waals surface area contributed by atoms with Crippen LogP contribution in [0.25, 0.3) is 0 Å². The van der Waals surface area contributed by atoms with Crippen molar-refractivity contribution in [3.8, 4) is 0 Å². The zero-order valence-electron chi connectivity index (χ0n) is 11.4. The molecule has 0 aliphatic carbocycles. The topological polar surface area (TPSA) is 71.3 Å². The van der Waals surface area contributed by atoms with Gasteiger partial charge in [-0.2, -0.15) is 0 Å². The van der Waals surface area contributed by atoms with Crippen LogP contribution in [-0.4, -0.2) is 17.9 Å². The van der Waals surface area contributed by atoms with Crippen LogP contribution in [-0.2, 0) is 11.3 Å². The lowest BCUT2D eigenvalue weighted by molar-refractivity contribution is -0.122. The van der Waals surface area contributed by atoms with Gasteiger partial charge in [-0.25, -0.2) is 0 Å². The van der Waals surface area contributed by atoms with E-state index >= 15 is 0 Å². The Morgan fingerprint density at radius 2 is 2.10 bits per heavy atom. The molecule has 21 heavy (non-hydrogen) atoms. The van der Waals surface area contributed by atoms with Gasteiger partial charge in [0.15, 0.2) is 0 Å². The highest BCUT2D eigenvalue weighted by atomic mass is 79.9. The Bertz CT molecular complexity index is 626. The third kappa shape index (κ3) is 4.46. The first kappa shape index (κ1) is 15.3. The highest BCUT2D eigenvalue weighted by Gasteiger charge is 2.16. The molecule has 0 aliphatic rings. The van der Waals surface area contributed by atoms with Crippen molar-refractivity contribution in [1.29, 1.82) is 0 Å². The molecule has 2 N–H and O–H groups in total. The summed E-state index contributed by atoms with van der Waals surface area (Å²) >= 11 is 3.30. The summed E-state index contributed by atoms with van der Waals surface area (Å²) in [5, 5.41) is 5.35. The maximum atomic E-state index is 12.0. The number of nitrogens with one attached hydrogen (secondary N) is 2. The Hall–Kier alpha value is -2.08. The minimum Gasteiger partial charge on any atom is -0.467 e. The number of amides is 2. The van der Waals surface area contributed by atoms with E-state index in [1.807, 2.05) is 6.07 Å². The van der Waals surface area contributed by atoms with Crippen LogP contribution < -0.4 is 10.6 Å². The number of hydrogen-bond acceptors (Lipinski definition) is 3. The Balaban J connectivity index is 1.86. The first-order chi connectivity index (χ1) is 10.1. The van der Waals surface area contributed by atoms with Crippen LogP contribution in [0.1, 0.15) is 23.0 Å². The normalized spacial score (nSPS) is 11.7. The lowest BCUT2D eigenvalue weighted by Gasteiger charge is -2.13. The highest BCUT2D eigenvalue weighted by molar-refractivity contribution is 9.10. The van der Waals surface area contributed by atoms with E-state index in [9.17, 15) is 9.59 Å². The van der Waals surface area contributed by atoms with E-state index in [0.29, 0.717) is 17.9 Å². The van der Waals surface area contributed by atoms with Gasteiger partial charge in [0.25, 0.3) is 5.91 Å². The van der Waals surface area contributed by atoms with Crippen LogP contribution in [0.5, 0.6) is 0 Å². The molecule has 110 valence electrons. The molecule has 2 aromatic rings. The molecule has 1 heterocycles. The molecule has 2 amide bonds. The summed E-state index contributed by atoms with van der Waals surface area (Å²) in [7, 11) is 0. The van der Waals surface area contributed by atoms with E-state index < -0.39 is 6.04 Å². The van der Waals surface area contributed by atoms with Crippen molar-refractivity contribution < 1.29 is 14.0 Å². The predicted octanol–water partition coefficient (Wildman–Crippen LogP) is 2.48. The molecule has 6 heteroatoms. The summed E-state index contributed by atoms with van der Waals surface area (Å²) in [5.41, 5.74) is 0.495. The highest BCUT2D eigenvalue weighted by Crippen LogP contribution is 2.11. The maximum Gasteiger partial charge on any atom is 0.251 e. The molecule has 0 bridgehead atoms. The number of hydrogen-bond donors (Lipinski definition) is 2. The Kier molecular flexibility index (Phi) is 5.16. The van der Waals surface area contributed by atoms with Crippen LogP contribution in [0.2, 0.25) is 0 Å². The first-order valence-electron chi connectivity index (χ1n) is 6.43. The molecule has 1 aromatic carbocycles. The van der Waals surface area contributed by atoms with Gasteiger partial charge >= 0.3 is 0 Å². The number of carbonyl (C=O) groups is 2. The minimum atomic E-state index is -0.633. The third-order valence-electron chi connectivity index (χ3n) is 2.84. The minimum absolute atomic E-state index is 0.269. The van der Waals surface area contributed by atoms with Gasteiger partial charge in [0.1, 0.15) is 11.8 Å². The quantitative estimate of drug-likeness (QED) is 0.869. The van der Waals surface area contributed by atoms with Crippen LogP contribution in [0.4, 0.5) is 0 Å². The predicted molar refractivity (Wildman–Crippen MR) is 81.6 cm³/mol. The third-order valence-corrected chi connectivity index (χ3v) is 3.34. The zero-order valence-corrected chi connectivity index (χ0v) is 13.0. The lowest BCUT2D eigenvalue weighted by Crippen LogP contribution is -2.44. The fourth-order valence-electron chi connectivity index (χ4n) is 1.72. The second kappa shape index (κ2) is 7.08. The van der Waals surface area contributed by atoms with Gasteiger partial charge < -0.3 is 15.1 Å². The summed E-state index contributed by atoms with van der Waals surface area (Å²) in [4.78, 5) is 23.9. The van der Waals surface area contributed by atoms with Gasteiger partial charge in [0.05, 0.1) is 12.8 Å². The maximum absolute atomic E-state index is 12.0. The average molecular weight is 351 g/mol. The van der Waals surface area contributed by atoms with Crippen molar-refractivity contribution in [3.63, 3.8) is 0 Å². The van der Waals surface area contributed by atoms with Crippen LogP contribution in [0.3, 0.4) is 0 Å². The standard InChI is InChI=1S/C15H15BrN2O3/c1-10(14(19)17-9-13-6-3-7-21-13)18-15(20)11-4-2-5-12(16)8-11/h2-8,10H,9H2,1H3,(H,17,19)(H,18,20)/t10-/m0/s1. The number of carbonyl (C=O) groups excluding carboxylic acids is 2. The molecule has 2 rings (SSSR count). The van der Waals surface area contributed by atoms with Gasteiger partial charge in [-0.3, -0.25) is 9.59 Å². The molecule has 0 unspecified atom stereocenters. The van der Waals surface area contributed by atoms with E-state index in [4.69, 9.17) is 4.42 Å². The largest absolute Gasteiger partial charge is 0.467 e. The second-order valence-corrected chi connectivity index (χ2v) is 5.42. The van der Waals surface area contributed by atoms with Crippen LogP contribution in [0, 0.1) is 0 Å². The molecule has 0 fully saturated rings. The molecule has 1 aromatic heterocycles. The summed E-state index contributed by atoms with van der Waals surface area (Å²) in [5.74, 6) is 0.0977. The molecule has 0 saturated heterocycles. The van der Waals surface area contributed by atoms with Crippen molar-refractivity contribution in [2.24, 2.45) is 0 Å². The Labute approximate surface area is 130 Å². The first-order valence-corrected chi connectivity index (χ1v) is 7.22. The molecular formula is C15H15BrN2O3. The van der Waals surface area contributed by atoms with E-state index in [2.05, 4.69) is 26.6 Å². The van der Waals surface area contributed by atoms with Crippen molar-refractivity contribution in [1.82, 2.24) is 10.6 Å². The van der Waals surface area contributed by atoms with Gasteiger partial charge in [-0.05, 0) is 37.3 Å². The van der Waals surface area contributed by atoms with E-state index in [1.165, 1.54) is 0 Å². The fourth-order valence-corrected chi connectivity index (χ4v) is 2.11. The Morgan fingerprint density at radius 3 is 2.76 bits per heavy atom. The molecule has 0 spiro atoms. The molecule has 5 nitrogen and oxygen atoms in total. The molecule has 0 saturated carbocycles.